The molecule has 2 atom stereocenters. The maximum atomic E-state index is 10.2. The fourth-order valence-electron chi connectivity index (χ4n) is 0.707. The van der Waals surface area contributed by atoms with Crippen molar-refractivity contribution in [1.82, 2.24) is 0 Å². The van der Waals surface area contributed by atoms with Crippen molar-refractivity contribution < 1.29 is 39.3 Å². The van der Waals surface area contributed by atoms with Crippen LogP contribution in [0.3, 0.4) is 0 Å². The molecule has 0 aromatic carbocycles. The third-order valence-electron chi connectivity index (χ3n) is 1.93. The molecular weight excluding hydrogens is 433 g/mol. The van der Waals surface area contributed by atoms with Gasteiger partial charge in [-0.1, -0.05) is 73.4 Å². The largest absolute Gasteiger partial charge is 2.00 e. The standard InChI is InChI=1S/2C6H11BrO2.Zn/c2*1-6(2,3)4(7)5(8)9;/h2*4H,1-3H3,(H,8,9);/q;;+2/p-2. The number of hydrogen-bond acceptors (Lipinski definition) is 4. The van der Waals surface area contributed by atoms with Gasteiger partial charge in [-0.15, -0.1) is 0 Å². The maximum absolute atomic E-state index is 10.2. The number of halogens is 2. The molecule has 0 fully saturated rings. The average Bonchev–Trinajstić information content (AvgIpc) is 2.13. The van der Waals surface area contributed by atoms with Crippen LogP contribution in [0, 0.1) is 10.8 Å². The van der Waals surface area contributed by atoms with Crippen molar-refractivity contribution in [1.29, 1.82) is 0 Å². The Kier molecular flexibility index (Phi) is 12.2. The summed E-state index contributed by atoms with van der Waals surface area (Å²) >= 11 is 6.00. The molecule has 0 N–H and O–H groups in total. The second-order valence-corrected chi connectivity index (χ2v) is 7.93. The molecule has 0 aliphatic carbocycles. The van der Waals surface area contributed by atoms with Gasteiger partial charge in [-0.25, -0.2) is 0 Å². The number of alkyl halides is 2. The molecule has 0 amide bonds. The normalized spacial score (nSPS) is 14.3. The predicted molar refractivity (Wildman–Crippen MR) is 74.4 cm³/mol. The van der Waals surface area contributed by atoms with E-state index in [1.807, 2.05) is 41.5 Å². The van der Waals surface area contributed by atoms with Crippen LogP contribution < -0.4 is 10.2 Å². The van der Waals surface area contributed by atoms with Gasteiger partial charge in [0.2, 0.25) is 0 Å². The van der Waals surface area contributed by atoms with Crippen molar-refractivity contribution >= 4 is 43.8 Å². The van der Waals surface area contributed by atoms with Gasteiger partial charge in [0, 0.05) is 0 Å². The first kappa shape index (κ1) is 24.5. The number of carboxylic acids is 2. The van der Waals surface area contributed by atoms with E-state index < -0.39 is 21.6 Å². The zero-order valence-electron chi connectivity index (χ0n) is 12.3. The van der Waals surface area contributed by atoms with Gasteiger partial charge in [-0.3, -0.25) is 0 Å². The second kappa shape index (κ2) is 9.46. The van der Waals surface area contributed by atoms with E-state index in [1.165, 1.54) is 0 Å². The third kappa shape index (κ3) is 12.0. The molecule has 0 bridgehead atoms. The van der Waals surface area contributed by atoms with E-state index in [-0.39, 0.29) is 30.3 Å². The summed E-state index contributed by atoms with van der Waals surface area (Å²) in [4.78, 5) is 19.2. The van der Waals surface area contributed by atoms with Crippen molar-refractivity contribution in [3.63, 3.8) is 0 Å². The Morgan fingerprint density at radius 1 is 0.789 bits per heavy atom. The summed E-state index contributed by atoms with van der Waals surface area (Å²) < 4.78 is 0. The Labute approximate surface area is 144 Å². The molecule has 0 aliphatic rings. The minimum Gasteiger partial charge on any atom is -0.549 e. The van der Waals surface area contributed by atoms with Crippen LogP contribution in [0.1, 0.15) is 41.5 Å². The van der Waals surface area contributed by atoms with E-state index in [9.17, 15) is 19.8 Å². The molecule has 7 heteroatoms. The van der Waals surface area contributed by atoms with Gasteiger partial charge in [0.15, 0.2) is 0 Å². The molecule has 4 nitrogen and oxygen atoms in total. The quantitative estimate of drug-likeness (QED) is 0.463. The molecular formula is C12H20Br2O4Zn. The minimum atomic E-state index is -1.05. The van der Waals surface area contributed by atoms with Crippen molar-refractivity contribution in [3.05, 3.63) is 0 Å². The van der Waals surface area contributed by atoms with Crippen LogP contribution in [-0.4, -0.2) is 21.6 Å². The molecule has 0 saturated carbocycles. The van der Waals surface area contributed by atoms with E-state index in [1.54, 1.807) is 0 Å². The Morgan fingerprint density at radius 3 is 0.947 bits per heavy atom. The number of carbonyl (C=O) groups excluding carboxylic acids is 2. The van der Waals surface area contributed by atoms with Gasteiger partial charge in [-0.05, 0) is 10.8 Å². The smallest absolute Gasteiger partial charge is 0.549 e. The zero-order chi connectivity index (χ0) is 15.3. The van der Waals surface area contributed by atoms with Crippen molar-refractivity contribution in [2.45, 2.75) is 51.2 Å². The van der Waals surface area contributed by atoms with Gasteiger partial charge in [0.05, 0.1) is 21.6 Å². The van der Waals surface area contributed by atoms with Crippen LogP contribution in [-0.2, 0) is 29.1 Å². The summed E-state index contributed by atoms with van der Waals surface area (Å²) in [7, 11) is 0. The first-order valence-electron chi connectivity index (χ1n) is 5.41. The summed E-state index contributed by atoms with van der Waals surface area (Å²) in [6.45, 7) is 11.0. The molecule has 0 heterocycles. The summed E-state index contributed by atoms with van der Waals surface area (Å²) in [5, 5.41) is 20.4. The minimum absolute atomic E-state index is 0. The van der Waals surface area contributed by atoms with Gasteiger partial charge >= 0.3 is 19.5 Å². The Hall–Kier alpha value is 0.523. The fourth-order valence-corrected chi connectivity index (χ4v) is 0.707. The zero-order valence-corrected chi connectivity index (χ0v) is 18.4. The fraction of sp³-hybridized carbons (Fsp3) is 0.833. The summed E-state index contributed by atoms with van der Waals surface area (Å²) in [5.41, 5.74) is -0.530. The van der Waals surface area contributed by atoms with Crippen molar-refractivity contribution in [2.75, 3.05) is 0 Å². The summed E-state index contributed by atoms with van der Waals surface area (Å²) in [6, 6.07) is 0. The van der Waals surface area contributed by atoms with E-state index in [0.717, 1.165) is 0 Å². The molecule has 0 rings (SSSR count). The van der Waals surface area contributed by atoms with Crippen molar-refractivity contribution in [3.8, 4) is 0 Å². The molecule has 0 aliphatic heterocycles. The summed E-state index contributed by atoms with van der Waals surface area (Å²) in [5.74, 6) is -2.11. The maximum Gasteiger partial charge on any atom is 2.00 e. The molecule has 19 heavy (non-hydrogen) atoms. The van der Waals surface area contributed by atoms with Crippen LogP contribution in [0.4, 0.5) is 0 Å². The van der Waals surface area contributed by atoms with Gasteiger partial charge in [0.1, 0.15) is 0 Å². The van der Waals surface area contributed by atoms with Crippen LogP contribution in [0.5, 0.6) is 0 Å². The number of hydrogen-bond donors (Lipinski definition) is 0. The summed E-state index contributed by atoms with van der Waals surface area (Å²) in [6.07, 6.45) is 0. The number of carbonyl (C=O) groups is 2. The molecule has 108 valence electrons. The topological polar surface area (TPSA) is 80.3 Å². The Morgan fingerprint density at radius 2 is 0.947 bits per heavy atom. The van der Waals surface area contributed by atoms with Gasteiger partial charge in [-0.2, -0.15) is 0 Å². The molecule has 0 spiro atoms. The SMILES string of the molecule is CC(C)(C)C(Br)C(=O)[O-].CC(C)(C)C(Br)C(=O)[O-].[Zn+2]. The number of carboxylic acid groups (broad SMARTS) is 2. The molecule has 0 radical (unpaired) electrons. The Bertz CT molecular complexity index is 265. The number of rotatable bonds is 2. The number of aliphatic carboxylic acids is 2. The first-order chi connectivity index (χ1) is 7.71. The van der Waals surface area contributed by atoms with E-state index in [4.69, 9.17) is 0 Å². The van der Waals surface area contributed by atoms with Crippen LogP contribution in [0.15, 0.2) is 0 Å². The van der Waals surface area contributed by atoms with E-state index in [2.05, 4.69) is 31.9 Å². The molecule has 0 saturated heterocycles. The molecule has 2 unspecified atom stereocenters. The Balaban J connectivity index is -0.000000256. The van der Waals surface area contributed by atoms with E-state index in [0.29, 0.717) is 0 Å². The second-order valence-electron chi connectivity index (χ2n) is 6.10. The van der Waals surface area contributed by atoms with E-state index >= 15 is 0 Å². The predicted octanol–water partition coefficient (Wildman–Crippen LogP) is 1.09. The van der Waals surface area contributed by atoms with Gasteiger partial charge < -0.3 is 19.8 Å². The van der Waals surface area contributed by atoms with Crippen molar-refractivity contribution in [2.24, 2.45) is 10.8 Å². The third-order valence-corrected chi connectivity index (χ3v) is 5.43. The monoisotopic (exact) mass is 450 g/mol. The van der Waals surface area contributed by atoms with Crippen LogP contribution in [0.2, 0.25) is 0 Å². The molecule has 0 aromatic heterocycles. The molecule has 0 aromatic rings. The van der Waals surface area contributed by atoms with Crippen LogP contribution >= 0.6 is 31.9 Å². The van der Waals surface area contributed by atoms with Gasteiger partial charge in [0.25, 0.3) is 0 Å². The average molecular weight is 453 g/mol. The van der Waals surface area contributed by atoms with Crippen LogP contribution in [0.25, 0.3) is 0 Å². The first-order valence-corrected chi connectivity index (χ1v) is 7.24.